The van der Waals surface area contributed by atoms with Crippen LogP contribution in [0.4, 0.5) is 0 Å². The van der Waals surface area contributed by atoms with Gasteiger partial charge in [-0.05, 0) is 13.3 Å². The van der Waals surface area contributed by atoms with Crippen molar-refractivity contribution in [2.24, 2.45) is 0 Å². The molecule has 0 saturated heterocycles. The van der Waals surface area contributed by atoms with Crippen LogP contribution in [0.5, 0.6) is 0 Å². The van der Waals surface area contributed by atoms with E-state index in [0.29, 0.717) is 12.0 Å². The fraction of sp³-hybridized carbons (Fsp3) is 0.400. The van der Waals surface area contributed by atoms with Gasteiger partial charge in [-0.15, -0.1) is 0 Å². The fourth-order valence-electron chi connectivity index (χ4n) is 1.20. The first kappa shape index (κ1) is 11.3. The molecule has 0 aromatic rings. The second kappa shape index (κ2) is 4.63. The zero-order valence-corrected chi connectivity index (χ0v) is 8.57. The minimum Gasteiger partial charge on any atom is -0.502 e. The van der Waals surface area contributed by atoms with Gasteiger partial charge >= 0.3 is 11.9 Å². The van der Waals surface area contributed by atoms with E-state index in [0.717, 1.165) is 6.08 Å². The van der Waals surface area contributed by atoms with Crippen molar-refractivity contribution in [1.82, 2.24) is 0 Å². The molecule has 0 fully saturated rings. The van der Waals surface area contributed by atoms with Crippen molar-refractivity contribution in [3.63, 3.8) is 0 Å². The highest BCUT2D eigenvalue weighted by Gasteiger charge is 2.29. The molecule has 5 nitrogen and oxygen atoms in total. The third kappa shape index (κ3) is 2.37. The number of rotatable bonds is 3. The summed E-state index contributed by atoms with van der Waals surface area (Å²) in [5.41, 5.74) is 0.327. The molecule has 1 heterocycles. The van der Waals surface area contributed by atoms with Crippen molar-refractivity contribution in [3.05, 3.63) is 23.2 Å². The summed E-state index contributed by atoms with van der Waals surface area (Å²) in [4.78, 5) is 22.0. The maximum Gasteiger partial charge on any atom is 0.379 e. The molecule has 0 atom stereocenters. The van der Waals surface area contributed by atoms with Crippen molar-refractivity contribution >= 4 is 11.9 Å². The molecule has 0 aliphatic carbocycles. The predicted octanol–water partition coefficient (Wildman–Crippen LogP) is 1.21. The van der Waals surface area contributed by atoms with E-state index in [1.165, 1.54) is 0 Å². The van der Waals surface area contributed by atoms with Crippen molar-refractivity contribution in [2.45, 2.75) is 20.3 Å². The van der Waals surface area contributed by atoms with Crippen molar-refractivity contribution < 1.29 is 24.2 Å². The van der Waals surface area contributed by atoms with E-state index in [4.69, 9.17) is 4.74 Å². The Morgan fingerprint density at radius 1 is 1.53 bits per heavy atom. The molecule has 1 N–H and O–H groups in total. The molecule has 1 rings (SSSR count). The Balaban J connectivity index is 2.89. The molecule has 15 heavy (non-hydrogen) atoms. The van der Waals surface area contributed by atoms with E-state index < -0.39 is 17.7 Å². The van der Waals surface area contributed by atoms with E-state index in [1.807, 2.05) is 0 Å². The summed E-state index contributed by atoms with van der Waals surface area (Å²) in [6.07, 6.45) is 1.46. The molecule has 82 valence electrons. The Kier molecular flexibility index (Phi) is 3.49. The Bertz CT molecular complexity index is 351. The Morgan fingerprint density at radius 2 is 2.20 bits per heavy atom. The summed E-state index contributed by atoms with van der Waals surface area (Å²) in [5.74, 6) is -1.80. The molecule has 0 spiro atoms. The first-order valence-corrected chi connectivity index (χ1v) is 4.63. The first-order chi connectivity index (χ1) is 7.10. The monoisotopic (exact) mass is 212 g/mol. The lowest BCUT2D eigenvalue weighted by Gasteiger charge is -2.00. The molecule has 5 heteroatoms. The van der Waals surface area contributed by atoms with Gasteiger partial charge in [0.2, 0.25) is 5.76 Å². The molecular weight excluding hydrogens is 200 g/mol. The van der Waals surface area contributed by atoms with E-state index in [-0.39, 0.29) is 12.4 Å². The number of carbonyl (C=O) groups is 2. The van der Waals surface area contributed by atoms with Crippen LogP contribution in [0, 0.1) is 0 Å². The summed E-state index contributed by atoms with van der Waals surface area (Å²) in [5, 5.41) is 9.28. The molecule has 1 aliphatic rings. The standard InChI is InChI=1S/C10H12O5/c1-3-6-7(5-8(11)14-4-2)15-10(13)9(6)12/h5,12H,3-4H2,1-2H3/b7-5-. The molecule has 0 unspecified atom stereocenters. The van der Waals surface area contributed by atoms with Crippen LogP contribution in [-0.4, -0.2) is 23.7 Å². The number of aliphatic hydroxyl groups excluding tert-OH is 1. The van der Waals surface area contributed by atoms with Gasteiger partial charge in [0.15, 0.2) is 0 Å². The largest absolute Gasteiger partial charge is 0.502 e. The second-order valence-electron chi connectivity index (χ2n) is 2.83. The van der Waals surface area contributed by atoms with Crippen LogP contribution in [0.25, 0.3) is 0 Å². The summed E-state index contributed by atoms with van der Waals surface area (Å²) in [7, 11) is 0. The highest BCUT2D eigenvalue weighted by Crippen LogP contribution is 2.26. The number of ether oxygens (including phenoxy) is 2. The van der Waals surface area contributed by atoms with Gasteiger partial charge in [-0.1, -0.05) is 6.92 Å². The topological polar surface area (TPSA) is 72.8 Å². The summed E-state index contributed by atoms with van der Waals surface area (Å²) in [6, 6.07) is 0. The molecule has 0 amide bonds. The maximum atomic E-state index is 11.1. The highest BCUT2D eigenvalue weighted by molar-refractivity contribution is 5.94. The zero-order chi connectivity index (χ0) is 11.4. The van der Waals surface area contributed by atoms with Gasteiger partial charge in [0, 0.05) is 5.57 Å². The maximum absolute atomic E-state index is 11.1. The van der Waals surface area contributed by atoms with Crippen LogP contribution in [0.2, 0.25) is 0 Å². The number of carbonyl (C=O) groups excluding carboxylic acids is 2. The number of hydrogen-bond donors (Lipinski definition) is 1. The van der Waals surface area contributed by atoms with Gasteiger partial charge in [-0.2, -0.15) is 0 Å². The van der Waals surface area contributed by atoms with Crippen LogP contribution < -0.4 is 0 Å². The first-order valence-electron chi connectivity index (χ1n) is 4.63. The minimum atomic E-state index is -0.831. The number of esters is 2. The molecular formula is C10H12O5. The molecule has 1 aliphatic heterocycles. The normalized spacial score (nSPS) is 18.3. The Hall–Kier alpha value is -1.78. The van der Waals surface area contributed by atoms with Crippen molar-refractivity contribution in [3.8, 4) is 0 Å². The van der Waals surface area contributed by atoms with Crippen LogP contribution in [0.15, 0.2) is 23.2 Å². The predicted molar refractivity (Wildman–Crippen MR) is 50.8 cm³/mol. The third-order valence-electron chi connectivity index (χ3n) is 1.87. The van der Waals surface area contributed by atoms with Crippen molar-refractivity contribution in [2.75, 3.05) is 6.61 Å². The Labute approximate surface area is 87.0 Å². The summed E-state index contributed by atoms with van der Waals surface area (Å²) in [6.45, 7) is 3.66. The number of aliphatic hydroxyl groups is 1. The van der Waals surface area contributed by atoms with Crippen LogP contribution in [-0.2, 0) is 19.1 Å². The quantitative estimate of drug-likeness (QED) is 0.562. The summed E-state index contributed by atoms with van der Waals surface area (Å²) >= 11 is 0. The van der Waals surface area contributed by atoms with Gasteiger partial charge in [0.05, 0.1) is 12.7 Å². The highest BCUT2D eigenvalue weighted by atomic mass is 16.6. The van der Waals surface area contributed by atoms with Crippen LogP contribution in [0.1, 0.15) is 20.3 Å². The number of hydrogen-bond acceptors (Lipinski definition) is 5. The lowest BCUT2D eigenvalue weighted by Crippen LogP contribution is -2.02. The smallest absolute Gasteiger partial charge is 0.379 e. The van der Waals surface area contributed by atoms with E-state index in [1.54, 1.807) is 13.8 Å². The van der Waals surface area contributed by atoms with Crippen LogP contribution >= 0.6 is 0 Å². The lowest BCUT2D eigenvalue weighted by atomic mass is 10.1. The molecule has 0 radical (unpaired) electrons. The second-order valence-corrected chi connectivity index (χ2v) is 2.83. The number of allylic oxidation sites excluding steroid dienone is 1. The van der Waals surface area contributed by atoms with Gasteiger partial charge in [-0.3, -0.25) is 0 Å². The number of cyclic esters (lactones) is 1. The van der Waals surface area contributed by atoms with Gasteiger partial charge in [-0.25, -0.2) is 9.59 Å². The van der Waals surface area contributed by atoms with Crippen LogP contribution in [0.3, 0.4) is 0 Å². The van der Waals surface area contributed by atoms with E-state index in [9.17, 15) is 14.7 Å². The van der Waals surface area contributed by atoms with Gasteiger partial charge in [0.1, 0.15) is 5.76 Å². The Morgan fingerprint density at radius 3 is 2.73 bits per heavy atom. The summed E-state index contributed by atoms with van der Waals surface area (Å²) < 4.78 is 9.35. The van der Waals surface area contributed by atoms with E-state index >= 15 is 0 Å². The van der Waals surface area contributed by atoms with E-state index in [2.05, 4.69) is 4.74 Å². The average molecular weight is 212 g/mol. The zero-order valence-electron chi connectivity index (χ0n) is 8.57. The minimum absolute atomic E-state index is 0.0680. The molecule has 0 aromatic carbocycles. The lowest BCUT2D eigenvalue weighted by molar-refractivity contribution is -0.137. The molecule has 0 bridgehead atoms. The molecule has 0 saturated carbocycles. The molecule has 0 aromatic heterocycles. The van der Waals surface area contributed by atoms with Crippen molar-refractivity contribution in [1.29, 1.82) is 0 Å². The average Bonchev–Trinajstić information content (AvgIpc) is 2.42. The third-order valence-corrected chi connectivity index (χ3v) is 1.87. The van der Waals surface area contributed by atoms with Gasteiger partial charge in [0.25, 0.3) is 0 Å². The SMILES string of the molecule is CCOC(=O)/C=C1\OC(=O)C(O)=C1CC. The fourth-order valence-corrected chi connectivity index (χ4v) is 1.20. The van der Waals surface area contributed by atoms with Gasteiger partial charge < -0.3 is 14.6 Å².